The van der Waals surface area contributed by atoms with E-state index < -0.39 is 0 Å². The van der Waals surface area contributed by atoms with Crippen molar-refractivity contribution in [1.29, 1.82) is 0 Å². The van der Waals surface area contributed by atoms with Gasteiger partial charge < -0.3 is 10.4 Å². The molecule has 1 amide bonds. The minimum atomic E-state index is -0.338. The third kappa shape index (κ3) is 3.91. The molecule has 0 unspecified atom stereocenters. The van der Waals surface area contributed by atoms with Crippen molar-refractivity contribution in [2.24, 2.45) is 0 Å². The molecule has 0 spiro atoms. The van der Waals surface area contributed by atoms with Crippen molar-refractivity contribution in [2.75, 3.05) is 6.61 Å². The Labute approximate surface area is 126 Å². The second-order valence-corrected chi connectivity index (χ2v) is 5.41. The first kappa shape index (κ1) is 15.2. The molecule has 1 heterocycles. The Morgan fingerprint density at radius 2 is 2.19 bits per heavy atom. The Hall–Kier alpha value is -2.16. The molecule has 21 heavy (non-hydrogen) atoms. The quantitative estimate of drug-likeness (QED) is 0.856. The topological polar surface area (TPSA) is 49.3 Å². The lowest BCUT2D eigenvalue weighted by Gasteiger charge is -2.04. The van der Waals surface area contributed by atoms with Crippen LogP contribution in [-0.2, 0) is 6.54 Å². The van der Waals surface area contributed by atoms with Gasteiger partial charge in [-0.25, -0.2) is 4.39 Å². The van der Waals surface area contributed by atoms with E-state index >= 15 is 0 Å². The second kappa shape index (κ2) is 7.02. The van der Waals surface area contributed by atoms with Crippen LogP contribution in [0.15, 0.2) is 30.3 Å². The van der Waals surface area contributed by atoms with Gasteiger partial charge in [0, 0.05) is 12.1 Å². The number of amides is 1. The van der Waals surface area contributed by atoms with Gasteiger partial charge in [-0.2, -0.15) is 0 Å². The third-order valence-corrected chi connectivity index (χ3v) is 3.97. The fourth-order valence-electron chi connectivity index (χ4n) is 1.74. The van der Waals surface area contributed by atoms with Crippen molar-refractivity contribution in [3.8, 4) is 11.8 Å². The number of benzene rings is 1. The monoisotopic (exact) mass is 303 g/mol. The fourth-order valence-corrected chi connectivity index (χ4v) is 2.71. The summed E-state index contributed by atoms with van der Waals surface area (Å²) in [5, 5.41) is 11.4. The highest BCUT2D eigenvalue weighted by atomic mass is 32.1. The summed E-state index contributed by atoms with van der Waals surface area (Å²) in [7, 11) is 0. The first-order chi connectivity index (χ1) is 10.1. The number of hydrogen-bond acceptors (Lipinski definition) is 3. The molecule has 108 valence electrons. The van der Waals surface area contributed by atoms with Crippen molar-refractivity contribution in [1.82, 2.24) is 5.32 Å². The first-order valence-corrected chi connectivity index (χ1v) is 7.15. The SMILES string of the molecule is Cc1cc(C(=O)NCc2ccccc2F)sc1C#CCO. The Balaban J connectivity index is 2.06. The van der Waals surface area contributed by atoms with Gasteiger partial charge in [0.1, 0.15) is 12.4 Å². The van der Waals surface area contributed by atoms with Gasteiger partial charge in [0.2, 0.25) is 0 Å². The lowest BCUT2D eigenvalue weighted by atomic mass is 10.2. The van der Waals surface area contributed by atoms with Crippen molar-refractivity contribution in [3.63, 3.8) is 0 Å². The lowest BCUT2D eigenvalue weighted by molar-refractivity contribution is 0.0954. The number of aliphatic hydroxyl groups excluding tert-OH is 1. The Morgan fingerprint density at radius 1 is 1.43 bits per heavy atom. The van der Waals surface area contributed by atoms with Crippen LogP contribution in [0.5, 0.6) is 0 Å². The van der Waals surface area contributed by atoms with Crippen LogP contribution in [0.3, 0.4) is 0 Å². The second-order valence-electron chi connectivity index (χ2n) is 4.36. The minimum absolute atomic E-state index is 0.139. The zero-order chi connectivity index (χ0) is 15.2. The normalized spacial score (nSPS) is 9.86. The molecule has 0 fully saturated rings. The molecule has 0 atom stereocenters. The van der Waals surface area contributed by atoms with E-state index in [1.165, 1.54) is 17.4 Å². The molecule has 2 aromatic rings. The standard InChI is InChI=1S/C16H14FNO2S/c1-11-9-15(21-14(11)7-4-8-19)16(20)18-10-12-5-2-3-6-13(12)17/h2-3,5-6,9,19H,8,10H2,1H3,(H,18,20). The summed E-state index contributed by atoms with van der Waals surface area (Å²) >= 11 is 1.26. The fraction of sp³-hybridized carbons (Fsp3) is 0.188. The summed E-state index contributed by atoms with van der Waals surface area (Å²) in [6, 6.07) is 8.06. The van der Waals surface area contributed by atoms with E-state index in [1.54, 1.807) is 24.3 Å². The van der Waals surface area contributed by atoms with E-state index in [-0.39, 0.29) is 24.9 Å². The van der Waals surface area contributed by atoms with Crippen molar-refractivity contribution in [2.45, 2.75) is 13.5 Å². The van der Waals surface area contributed by atoms with Crippen LogP contribution in [0.4, 0.5) is 4.39 Å². The maximum atomic E-state index is 13.5. The van der Waals surface area contributed by atoms with Gasteiger partial charge in [-0.05, 0) is 24.6 Å². The summed E-state index contributed by atoms with van der Waals surface area (Å²) in [5.41, 5.74) is 1.33. The molecule has 0 saturated carbocycles. The number of aliphatic hydroxyl groups is 1. The number of rotatable bonds is 3. The molecular formula is C16H14FNO2S. The van der Waals surface area contributed by atoms with E-state index in [0.717, 1.165) is 10.4 Å². The molecular weight excluding hydrogens is 289 g/mol. The largest absolute Gasteiger partial charge is 0.384 e. The van der Waals surface area contributed by atoms with Gasteiger partial charge in [0.15, 0.2) is 0 Å². The maximum absolute atomic E-state index is 13.5. The van der Waals surface area contributed by atoms with Gasteiger partial charge in [0.25, 0.3) is 5.91 Å². The zero-order valence-corrected chi connectivity index (χ0v) is 12.3. The van der Waals surface area contributed by atoms with Gasteiger partial charge in [0.05, 0.1) is 9.75 Å². The Bertz CT molecular complexity index is 713. The molecule has 0 saturated heterocycles. The summed E-state index contributed by atoms with van der Waals surface area (Å²) in [4.78, 5) is 13.3. The third-order valence-electron chi connectivity index (χ3n) is 2.82. The lowest BCUT2D eigenvalue weighted by Crippen LogP contribution is -2.22. The van der Waals surface area contributed by atoms with E-state index in [9.17, 15) is 9.18 Å². The van der Waals surface area contributed by atoms with Crippen molar-refractivity contribution in [3.05, 3.63) is 57.0 Å². The molecule has 1 aromatic heterocycles. The van der Waals surface area contributed by atoms with E-state index in [2.05, 4.69) is 17.2 Å². The molecule has 0 aliphatic heterocycles. The summed E-state index contributed by atoms with van der Waals surface area (Å²) in [5.74, 6) is 4.76. The predicted octanol–water partition coefficient (Wildman–Crippen LogP) is 2.47. The predicted molar refractivity (Wildman–Crippen MR) is 80.6 cm³/mol. The van der Waals surface area contributed by atoms with Crippen LogP contribution in [0.1, 0.15) is 25.7 Å². The summed E-state index contributed by atoms with van der Waals surface area (Å²) < 4.78 is 13.5. The van der Waals surface area contributed by atoms with Crippen LogP contribution >= 0.6 is 11.3 Å². The van der Waals surface area contributed by atoms with Gasteiger partial charge in [-0.15, -0.1) is 11.3 Å². The van der Waals surface area contributed by atoms with Crippen LogP contribution < -0.4 is 5.32 Å². The van der Waals surface area contributed by atoms with Crippen LogP contribution in [0, 0.1) is 24.6 Å². The molecule has 0 aliphatic carbocycles. The van der Waals surface area contributed by atoms with E-state index in [4.69, 9.17) is 5.11 Å². The highest BCUT2D eigenvalue weighted by molar-refractivity contribution is 7.14. The number of nitrogens with one attached hydrogen (secondary N) is 1. The summed E-state index contributed by atoms with van der Waals surface area (Å²) in [6.45, 7) is 1.78. The van der Waals surface area contributed by atoms with Crippen LogP contribution in [0.2, 0.25) is 0 Å². The Morgan fingerprint density at radius 3 is 2.90 bits per heavy atom. The van der Waals surface area contributed by atoms with Crippen LogP contribution in [0.25, 0.3) is 0 Å². The highest BCUT2D eigenvalue weighted by Gasteiger charge is 2.12. The van der Waals surface area contributed by atoms with Crippen LogP contribution in [-0.4, -0.2) is 17.6 Å². The zero-order valence-electron chi connectivity index (χ0n) is 11.4. The number of carbonyl (C=O) groups excluding carboxylic acids is 1. The highest BCUT2D eigenvalue weighted by Crippen LogP contribution is 2.21. The first-order valence-electron chi connectivity index (χ1n) is 6.33. The minimum Gasteiger partial charge on any atom is -0.384 e. The number of halogens is 1. The van der Waals surface area contributed by atoms with Gasteiger partial charge >= 0.3 is 0 Å². The van der Waals surface area contributed by atoms with Gasteiger partial charge in [-0.3, -0.25) is 4.79 Å². The molecule has 0 bridgehead atoms. The van der Waals surface area contributed by atoms with E-state index in [1.807, 2.05) is 6.92 Å². The maximum Gasteiger partial charge on any atom is 0.261 e. The number of aryl methyl sites for hydroxylation is 1. The van der Waals surface area contributed by atoms with Crippen molar-refractivity contribution >= 4 is 17.2 Å². The molecule has 0 aliphatic rings. The smallest absolute Gasteiger partial charge is 0.261 e. The average Bonchev–Trinajstić information content (AvgIpc) is 2.85. The van der Waals surface area contributed by atoms with E-state index in [0.29, 0.717) is 10.4 Å². The summed E-state index contributed by atoms with van der Waals surface area (Å²) in [6.07, 6.45) is 0. The molecule has 2 N–H and O–H groups in total. The number of hydrogen-bond donors (Lipinski definition) is 2. The average molecular weight is 303 g/mol. The molecule has 3 nitrogen and oxygen atoms in total. The van der Waals surface area contributed by atoms with Gasteiger partial charge in [-0.1, -0.05) is 30.0 Å². The molecule has 5 heteroatoms. The molecule has 0 radical (unpaired) electrons. The van der Waals surface area contributed by atoms with Crippen molar-refractivity contribution < 1.29 is 14.3 Å². The Kier molecular flexibility index (Phi) is 5.09. The number of thiophene rings is 1. The molecule has 1 aromatic carbocycles. The number of carbonyl (C=O) groups is 1. The molecule has 2 rings (SSSR count).